The molecule has 10 nitrogen and oxygen atoms in total. The second kappa shape index (κ2) is 10.9. The van der Waals surface area contributed by atoms with Crippen molar-refractivity contribution in [3.05, 3.63) is 59.4 Å². The molecule has 0 bridgehead atoms. The van der Waals surface area contributed by atoms with Gasteiger partial charge in [0, 0.05) is 30.5 Å². The molecule has 4 fully saturated rings. The van der Waals surface area contributed by atoms with Gasteiger partial charge in [-0.3, -0.25) is 4.90 Å². The third-order valence-electron chi connectivity index (χ3n) is 10.5. The number of nitrogens with two attached hydrogens (primary N) is 2. The minimum atomic E-state index is -0.627. The number of allylic oxidation sites excluding steroid dienone is 1. The number of nitrogens with zero attached hydrogens (tertiary/aromatic N) is 2. The summed E-state index contributed by atoms with van der Waals surface area (Å²) in [5.41, 5.74) is 11.6. The van der Waals surface area contributed by atoms with Gasteiger partial charge in [0.05, 0.1) is 43.8 Å². The van der Waals surface area contributed by atoms with Gasteiger partial charge in [-0.2, -0.15) is 0 Å². The molecule has 1 aromatic rings. The van der Waals surface area contributed by atoms with Crippen molar-refractivity contribution in [1.29, 1.82) is 0 Å². The largest absolute Gasteiger partial charge is 0.423 e. The maximum Gasteiger partial charge on any atom is 0.343 e. The number of morpholine rings is 1. The number of aliphatic hydroxyl groups excluding tert-OH is 2. The highest BCUT2D eigenvalue weighted by Gasteiger charge is 2.71. The number of epoxide rings is 1. The number of fused-ring (bicyclic) bond motifs is 1. The Kier molecular flexibility index (Phi) is 7.55. The summed E-state index contributed by atoms with van der Waals surface area (Å²) in [6.07, 6.45) is 9.28. The second-order valence-corrected chi connectivity index (χ2v) is 12.9. The summed E-state index contributed by atoms with van der Waals surface area (Å²) in [4.78, 5) is 19.4. The Morgan fingerprint density at radius 3 is 2.55 bits per heavy atom. The average Bonchev–Trinajstić information content (AvgIpc) is 3.67. The first-order valence-electron chi connectivity index (χ1n) is 14.9. The lowest BCUT2D eigenvalue weighted by molar-refractivity contribution is -0.186. The van der Waals surface area contributed by atoms with Crippen LogP contribution in [0.4, 0.5) is 5.69 Å². The molecule has 42 heavy (non-hydrogen) atoms. The molecule has 226 valence electrons. The van der Waals surface area contributed by atoms with E-state index in [9.17, 15) is 15.0 Å². The third kappa shape index (κ3) is 4.99. The Balaban J connectivity index is 1.31. The van der Waals surface area contributed by atoms with Crippen molar-refractivity contribution >= 4 is 23.7 Å². The SMILES string of the molecule is C[C@]12CC[C@@H](O)[C@@](C)(CO)C1CC(N1CCOCC1)C1(CO1)C2/C=C/C1=CC(=C\c2ccc(N=C(N)N)cc2)/OC1=O. The van der Waals surface area contributed by atoms with E-state index in [1.54, 1.807) is 24.3 Å². The van der Waals surface area contributed by atoms with Crippen molar-refractivity contribution in [3.63, 3.8) is 0 Å². The molecule has 3 aliphatic heterocycles. The molecular weight excluding hydrogens is 536 g/mol. The molecule has 2 aliphatic carbocycles. The first kappa shape index (κ1) is 29.1. The Bertz CT molecular complexity index is 1320. The molecule has 2 saturated carbocycles. The minimum absolute atomic E-state index is 0.0108. The van der Waals surface area contributed by atoms with E-state index in [4.69, 9.17) is 25.7 Å². The van der Waals surface area contributed by atoms with Crippen LogP contribution in [0.15, 0.2) is 58.8 Å². The minimum Gasteiger partial charge on any atom is -0.423 e. The van der Waals surface area contributed by atoms with Crippen molar-refractivity contribution in [1.82, 2.24) is 4.90 Å². The number of cyclic esters (lactones) is 1. The van der Waals surface area contributed by atoms with Crippen LogP contribution in [0.25, 0.3) is 6.08 Å². The van der Waals surface area contributed by atoms with E-state index in [0.29, 0.717) is 43.3 Å². The predicted molar refractivity (Wildman–Crippen MR) is 158 cm³/mol. The smallest absolute Gasteiger partial charge is 0.343 e. The average molecular weight is 579 g/mol. The van der Waals surface area contributed by atoms with Gasteiger partial charge in [0.1, 0.15) is 11.4 Å². The summed E-state index contributed by atoms with van der Waals surface area (Å²) in [5.74, 6) is 0.0993. The number of carbonyl (C=O) groups excluding carboxylic acids is 1. The molecule has 7 atom stereocenters. The van der Waals surface area contributed by atoms with E-state index in [0.717, 1.165) is 31.5 Å². The van der Waals surface area contributed by atoms with Gasteiger partial charge in [0.15, 0.2) is 5.96 Å². The van der Waals surface area contributed by atoms with Gasteiger partial charge < -0.3 is 35.9 Å². The highest BCUT2D eigenvalue weighted by molar-refractivity contribution is 5.96. The van der Waals surface area contributed by atoms with Crippen molar-refractivity contribution in [2.75, 3.05) is 39.5 Å². The Labute approximate surface area is 246 Å². The number of esters is 1. The highest BCUT2D eigenvalue weighted by Crippen LogP contribution is 2.66. The van der Waals surface area contributed by atoms with Crippen LogP contribution in [0.5, 0.6) is 0 Å². The van der Waals surface area contributed by atoms with Crippen LogP contribution in [0.3, 0.4) is 0 Å². The van der Waals surface area contributed by atoms with Crippen LogP contribution in [0, 0.1) is 22.7 Å². The maximum absolute atomic E-state index is 12.9. The van der Waals surface area contributed by atoms with Crippen molar-refractivity contribution < 1.29 is 29.2 Å². The topological polar surface area (TPSA) is 156 Å². The van der Waals surface area contributed by atoms with Crippen LogP contribution in [0.2, 0.25) is 0 Å². The molecule has 1 spiro atoms. The zero-order valence-electron chi connectivity index (χ0n) is 24.4. The summed E-state index contributed by atoms with van der Waals surface area (Å²) in [7, 11) is 0. The summed E-state index contributed by atoms with van der Waals surface area (Å²) in [6.45, 7) is 7.89. The lowest BCUT2D eigenvalue weighted by Crippen LogP contribution is -2.67. The number of aliphatic hydroxyl groups is 2. The number of ether oxygens (including phenoxy) is 3. The number of carbonyl (C=O) groups is 1. The fraction of sp³-hybridized carbons (Fsp3) is 0.562. The molecule has 4 unspecified atom stereocenters. The molecule has 0 radical (unpaired) electrons. The van der Waals surface area contributed by atoms with E-state index in [-0.39, 0.29) is 41.5 Å². The Hall–Kier alpha value is -3.02. The second-order valence-electron chi connectivity index (χ2n) is 12.9. The molecular formula is C32H42N4O6. The van der Waals surface area contributed by atoms with Gasteiger partial charge in [-0.15, -0.1) is 0 Å². The Morgan fingerprint density at radius 2 is 1.90 bits per heavy atom. The first-order chi connectivity index (χ1) is 20.1. The van der Waals surface area contributed by atoms with E-state index in [2.05, 4.69) is 22.9 Å². The number of benzene rings is 1. The molecule has 6 N–H and O–H groups in total. The zero-order chi connectivity index (χ0) is 29.7. The fourth-order valence-electron chi connectivity index (χ4n) is 8.19. The van der Waals surface area contributed by atoms with Gasteiger partial charge >= 0.3 is 5.97 Å². The molecule has 0 aromatic heterocycles. The first-order valence-corrected chi connectivity index (χ1v) is 14.9. The van der Waals surface area contributed by atoms with Gasteiger partial charge in [-0.25, -0.2) is 9.79 Å². The van der Waals surface area contributed by atoms with E-state index < -0.39 is 17.5 Å². The third-order valence-corrected chi connectivity index (χ3v) is 10.5. The summed E-state index contributed by atoms with van der Waals surface area (Å²) in [5, 5.41) is 21.7. The number of hydrogen-bond acceptors (Lipinski definition) is 8. The molecule has 5 aliphatic rings. The molecule has 3 heterocycles. The van der Waals surface area contributed by atoms with E-state index >= 15 is 0 Å². The lowest BCUT2D eigenvalue weighted by atomic mass is 9.44. The van der Waals surface area contributed by atoms with E-state index in [1.165, 1.54) is 0 Å². The van der Waals surface area contributed by atoms with Gasteiger partial charge in [-0.1, -0.05) is 38.1 Å². The quantitative estimate of drug-likeness (QED) is 0.172. The highest BCUT2D eigenvalue weighted by atomic mass is 16.6. The summed E-state index contributed by atoms with van der Waals surface area (Å²) in [6, 6.07) is 7.40. The van der Waals surface area contributed by atoms with Gasteiger partial charge in [0.2, 0.25) is 0 Å². The van der Waals surface area contributed by atoms with Crippen LogP contribution < -0.4 is 11.5 Å². The molecule has 0 amide bonds. The van der Waals surface area contributed by atoms with Crippen LogP contribution in [-0.4, -0.2) is 84.3 Å². The van der Waals surface area contributed by atoms with Crippen molar-refractivity contribution in [2.24, 2.45) is 39.1 Å². The normalized spacial score (nSPS) is 39.3. The van der Waals surface area contributed by atoms with E-state index in [1.807, 2.05) is 25.1 Å². The standard InChI is InChI=1S/C32H42N4O6/c1-30-10-9-27(38)31(2,18-37)25(30)17-26(36-11-13-40-14-12-36)32(19-41-32)24(30)8-5-21-16-23(42-28(21)39)15-20-3-6-22(7-4-20)35-29(33)34/h3-8,15-16,24-27,37-38H,9-14,17-19H2,1-2H3,(H4,33,34,35)/b8-5+,23-15+/t24?,25?,26?,27-,30-,31+,32?/m1/s1. The summed E-state index contributed by atoms with van der Waals surface area (Å²) < 4.78 is 17.6. The van der Waals surface area contributed by atoms with Crippen molar-refractivity contribution in [2.45, 2.75) is 50.9 Å². The van der Waals surface area contributed by atoms with Crippen LogP contribution in [-0.2, 0) is 19.0 Å². The maximum atomic E-state index is 12.9. The monoisotopic (exact) mass is 578 g/mol. The van der Waals surface area contributed by atoms with Crippen LogP contribution in [0.1, 0.15) is 38.7 Å². The number of aliphatic imine (C=N–C) groups is 1. The lowest BCUT2D eigenvalue weighted by Gasteiger charge is -2.63. The molecule has 1 aromatic carbocycles. The number of hydrogen-bond donors (Lipinski definition) is 4. The predicted octanol–water partition coefficient (Wildman–Crippen LogP) is 2.24. The van der Waals surface area contributed by atoms with Gasteiger partial charge in [0.25, 0.3) is 0 Å². The van der Waals surface area contributed by atoms with Crippen molar-refractivity contribution in [3.8, 4) is 0 Å². The number of guanidine groups is 1. The Morgan fingerprint density at radius 1 is 1.19 bits per heavy atom. The molecule has 2 saturated heterocycles. The summed E-state index contributed by atoms with van der Waals surface area (Å²) >= 11 is 0. The number of rotatable bonds is 6. The van der Waals surface area contributed by atoms with Gasteiger partial charge in [-0.05, 0) is 60.4 Å². The molecule has 10 heteroatoms. The van der Waals surface area contributed by atoms with Crippen LogP contribution >= 0.6 is 0 Å². The zero-order valence-corrected chi connectivity index (χ0v) is 24.4. The molecule has 6 rings (SSSR count). The fourth-order valence-corrected chi connectivity index (χ4v) is 8.19.